The highest BCUT2D eigenvalue weighted by atomic mass is 16.3. The molecule has 0 fully saturated rings. The first-order valence-electron chi connectivity index (χ1n) is 8.48. The number of urea groups is 1. The van der Waals surface area contributed by atoms with Crippen LogP contribution in [0.2, 0.25) is 0 Å². The van der Waals surface area contributed by atoms with Crippen LogP contribution in [0.4, 0.5) is 10.5 Å². The molecule has 0 aliphatic carbocycles. The third-order valence-electron chi connectivity index (χ3n) is 4.41. The van der Waals surface area contributed by atoms with Crippen LogP contribution in [-0.4, -0.2) is 11.9 Å². The van der Waals surface area contributed by atoms with Crippen LogP contribution in [-0.2, 0) is 11.2 Å². The van der Waals surface area contributed by atoms with E-state index in [1.807, 2.05) is 51.1 Å². The minimum atomic E-state index is -0.250. The molecule has 3 rings (SSSR count). The van der Waals surface area contributed by atoms with Crippen molar-refractivity contribution in [3.05, 3.63) is 53.0 Å². The number of carbonyl (C=O) groups excluding carboxylic acids is 2. The molecule has 2 atom stereocenters. The molecule has 25 heavy (non-hydrogen) atoms. The molecule has 2 aromatic rings. The van der Waals surface area contributed by atoms with Crippen molar-refractivity contribution < 1.29 is 14.0 Å². The van der Waals surface area contributed by atoms with Crippen LogP contribution in [0.3, 0.4) is 0 Å². The van der Waals surface area contributed by atoms with Gasteiger partial charge in [-0.3, -0.25) is 4.79 Å². The van der Waals surface area contributed by atoms with Gasteiger partial charge in [-0.1, -0.05) is 12.1 Å². The summed E-state index contributed by atoms with van der Waals surface area (Å²) in [7, 11) is 0. The maximum atomic E-state index is 12.2. The highest BCUT2D eigenvalue weighted by Gasteiger charge is 2.18. The SMILES string of the molecule is Cc1ccc([C@H](C)NC(=O)N[C@@H](C)c2ccc3c(c2)CCC(=O)N3)o1. The molecule has 6 heteroatoms. The number of hydrogen-bond acceptors (Lipinski definition) is 3. The minimum absolute atomic E-state index is 0.0490. The van der Waals surface area contributed by atoms with E-state index in [4.69, 9.17) is 4.42 Å². The minimum Gasteiger partial charge on any atom is -0.464 e. The van der Waals surface area contributed by atoms with Crippen LogP contribution in [0.5, 0.6) is 0 Å². The van der Waals surface area contributed by atoms with Crippen molar-refractivity contribution in [2.75, 3.05) is 5.32 Å². The van der Waals surface area contributed by atoms with E-state index in [1.54, 1.807) is 0 Å². The van der Waals surface area contributed by atoms with Gasteiger partial charge < -0.3 is 20.4 Å². The van der Waals surface area contributed by atoms with Gasteiger partial charge in [-0.15, -0.1) is 0 Å². The van der Waals surface area contributed by atoms with Crippen molar-refractivity contribution in [1.29, 1.82) is 0 Å². The van der Waals surface area contributed by atoms with Gasteiger partial charge in [0.1, 0.15) is 11.5 Å². The molecular formula is C19H23N3O3. The standard InChI is InChI=1S/C19H23N3O3/c1-11-4-8-17(25-11)13(3)21-19(24)20-12(2)14-5-7-16-15(10-14)6-9-18(23)22-16/h4-5,7-8,10,12-13H,6,9H2,1-3H3,(H,22,23)(H2,20,21,24)/t12-,13-/m0/s1. The van der Waals surface area contributed by atoms with Crippen molar-refractivity contribution >= 4 is 17.6 Å². The fourth-order valence-electron chi connectivity index (χ4n) is 2.95. The molecule has 0 saturated carbocycles. The second-order valence-corrected chi connectivity index (χ2v) is 6.47. The number of rotatable bonds is 4. The normalized spacial score (nSPS) is 15.7. The lowest BCUT2D eigenvalue weighted by Crippen LogP contribution is -2.38. The fraction of sp³-hybridized carbons (Fsp3) is 0.368. The van der Waals surface area contributed by atoms with Gasteiger partial charge in [-0.05, 0) is 56.5 Å². The monoisotopic (exact) mass is 341 g/mol. The maximum absolute atomic E-state index is 12.2. The van der Waals surface area contributed by atoms with Gasteiger partial charge in [0.25, 0.3) is 0 Å². The van der Waals surface area contributed by atoms with E-state index in [-0.39, 0.29) is 24.0 Å². The summed E-state index contributed by atoms with van der Waals surface area (Å²) in [6, 6.07) is 8.99. The summed E-state index contributed by atoms with van der Waals surface area (Å²) in [6.45, 7) is 5.69. The van der Waals surface area contributed by atoms with E-state index < -0.39 is 0 Å². The molecule has 0 unspecified atom stereocenters. The maximum Gasteiger partial charge on any atom is 0.315 e. The zero-order valence-corrected chi connectivity index (χ0v) is 14.7. The Morgan fingerprint density at radius 1 is 1.12 bits per heavy atom. The van der Waals surface area contributed by atoms with Crippen molar-refractivity contribution in [3.8, 4) is 0 Å². The van der Waals surface area contributed by atoms with Gasteiger partial charge in [-0.2, -0.15) is 0 Å². The van der Waals surface area contributed by atoms with E-state index in [9.17, 15) is 9.59 Å². The van der Waals surface area contributed by atoms with Crippen LogP contribution < -0.4 is 16.0 Å². The molecular weight excluding hydrogens is 318 g/mol. The number of furan rings is 1. The summed E-state index contributed by atoms with van der Waals surface area (Å²) >= 11 is 0. The molecule has 132 valence electrons. The van der Waals surface area contributed by atoms with E-state index in [1.165, 1.54) is 0 Å². The van der Waals surface area contributed by atoms with Crippen LogP contribution in [0, 0.1) is 6.92 Å². The lowest BCUT2D eigenvalue weighted by molar-refractivity contribution is -0.116. The summed E-state index contributed by atoms with van der Waals surface area (Å²) in [4.78, 5) is 23.7. The summed E-state index contributed by atoms with van der Waals surface area (Å²) in [5, 5.41) is 8.68. The zero-order valence-electron chi connectivity index (χ0n) is 14.7. The number of amides is 3. The Morgan fingerprint density at radius 3 is 2.60 bits per heavy atom. The topological polar surface area (TPSA) is 83.4 Å². The van der Waals surface area contributed by atoms with Crippen LogP contribution in [0.25, 0.3) is 0 Å². The summed E-state index contributed by atoms with van der Waals surface area (Å²) in [5.74, 6) is 1.59. The van der Waals surface area contributed by atoms with Crippen molar-refractivity contribution in [2.24, 2.45) is 0 Å². The van der Waals surface area contributed by atoms with Crippen molar-refractivity contribution in [2.45, 2.75) is 45.7 Å². The molecule has 3 N–H and O–H groups in total. The molecule has 1 aliphatic rings. The smallest absolute Gasteiger partial charge is 0.315 e. The molecule has 0 saturated heterocycles. The molecule has 1 aromatic carbocycles. The van der Waals surface area contributed by atoms with E-state index in [0.717, 1.165) is 34.8 Å². The first-order valence-corrected chi connectivity index (χ1v) is 8.48. The molecule has 1 aromatic heterocycles. The Kier molecular flexibility index (Phi) is 4.79. The van der Waals surface area contributed by atoms with Gasteiger partial charge in [0.2, 0.25) is 5.91 Å². The van der Waals surface area contributed by atoms with E-state index >= 15 is 0 Å². The molecule has 0 bridgehead atoms. The predicted molar refractivity (Wildman–Crippen MR) is 95.3 cm³/mol. The number of aryl methyl sites for hydroxylation is 2. The second kappa shape index (κ2) is 7.01. The quantitative estimate of drug-likeness (QED) is 0.794. The second-order valence-electron chi connectivity index (χ2n) is 6.47. The number of hydrogen-bond donors (Lipinski definition) is 3. The number of nitrogens with one attached hydrogen (secondary N) is 3. The van der Waals surface area contributed by atoms with E-state index in [2.05, 4.69) is 16.0 Å². The first kappa shape index (κ1) is 17.1. The Morgan fingerprint density at radius 2 is 1.88 bits per heavy atom. The molecule has 3 amide bonds. The highest BCUT2D eigenvalue weighted by Crippen LogP contribution is 2.26. The van der Waals surface area contributed by atoms with Crippen molar-refractivity contribution in [3.63, 3.8) is 0 Å². The molecule has 6 nitrogen and oxygen atoms in total. The Labute approximate surface area is 147 Å². The summed E-state index contributed by atoms with van der Waals surface area (Å²) in [6.07, 6.45) is 1.22. The summed E-state index contributed by atoms with van der Waals surface area (Å²) in [5.41, 5.74) is 2.97. The lowest BCUT2D eigenvalue weighted by atomic mass is 9.98. The largest absolute Gasteiger partial charge is 0.464 e. The van der Waals surface area contributed by atoms with Crippen molar-refractivity contribution in [1.82, 2.24) is 10.6 Å². The third-order valence-corrected chi connectivity index (χ3v) is 4.41. The van der Waals surface area contributed by atoms with Gasteiger partial charge in [0.05, 0.1) is 12.1 Å². The highest BCUT2D eigenvalue weighted by molar-refractivity contribution is 5.93. The zero-order chi connectivity index (χ0) is 18.0. The van der Waals surface area contributed by atoms with Crippen LogP contribution in [0.15, 0.2) is 34.7 Å². The number of benzene rings is 1. The van der Waals surface area contributed by atoms with E-state index in [0.29, 0.717) is 6.42 Å². The number of carbonyl (C=O) groups is 2. The predicted octanol–water partition coefficient (Wildman–Crippen LogP) is 3.59. The van der Waals surface area contributed by atoms with Crippen LogP contribution >= 0.6 is 0 Å². The molecule has 0 radical (unpaired) electrons. The summed E-state index contributed by atoms with van der Waals surface area (Å²) < 4.78 is 5.53. The van der Waals surface area contributed by atoms with Gasteiger partial charge in [0, 0.05) is 12.1 Å². The fourth-order valence-corrected chi connectivity index (χ4v) is 2.95. The molecule has 1 aliphatic heterocycles. The van der Waals surface area contributed by atoms with Gasteiger partial charge in [0.15, 0.2) is 0 Å². The Balaban J connectivity index is 1.61. The number of anilines is 1. The van der Waals surface area contributed by atoms with Crippen LogP contribution in [0.1, 0.15) is 55.0 Å². The van der Waals surface area contributed by atoms with Gasteiger partial charge in [-0.25, -0.2) is 4.79 Å². The van der Waals surface area contributed by atoms with Gasteiger partial charge >= 0.3 is 6.03 Å². The Hall–Kier alpha value is -2.76. The third kappa shape index (κ3) is 4.02. The number of fused-ring (bicyclic) bond motifs is 1. The lowest BCUT2D eigenvalue weighted by Gasteiger charge is -2.21. The first-order chi connectivity index (χ1) is 11.9. The molecule has 0 spiro atoms. The average Bonchev–Trinajstić information content (AvgIpc) is 3.00. The Bertz CT molecular complexity index is 797. The molecule has 2 heterocycles. The average molecular weight is 341 g/mol.